The molecule has 8 heteroatoms. The van der Waals surface area contributed by atoms with Crippen LogP contribution in [0.3, 0.4) is 0 Å². The van der Waals surface area contributed by atoms with Crippen LogP contribution in [-0.2, 0) is 16.6 Å². The van der Waals surface area contributed by atoms with Crippen molar-refractivity contribution in [2.75, 3.05) is 4.72 Å². The highest BCUT2D eigenvalue weighted by atomic mass is 32.2. The van der Waals surface area contributed by atoms with E-state index < -0.39 is 10.0 Å². The van der Waals surface area contributed by atoms with Crippen molar-refractivity contribution in [3.63, 3.8) is 0 Å². The standard InChI is InChI=1S/C11H14N4O3S/c16-7-10-3-11(6-15(10)9-1-2-9)19(17,18)14-8-4-12-13-5-8/h3-6,9,14,16H,1-2,7H2,(H,12,13). The van der Waals surface area contributed by atoms with Gasteiger partial charge in [-0.2, -0.15) is 5.10 Å². The van der Waals surface area contributed by atoms with Crippen molar-refractivity contribution in [2.24, 2.45) is 0 Å². The monoisotopic (exact) mass is 282 g/mol. The van der Waals surface area contributed by atoms with E-state index in [9.17, 15) is 13.5 Å². The van der Waals surface area contributed by atoms with Crippen molar-refractivity contribution in [3.05, 3.63) is 30.4 Å². The third kappa shape index (κ3) is 2.36. The number of nitrogens with zero attached hydrogens (tertiary/aromatic N) is 2. The second-order valence-corrected chi connectivity index (χ2v) is 6.24. The van der Waals surface area contributed by atoms with E-state index in [1.807, 2.05) is 4.57 Å². The van der Waals surface area contributed by atoms with E-state index >= 15 is 0 Å². The molecule has 7 nitrogen and oxygen atoms in total. The second-order valence-electron chi connectivity index (χ2n) is 4.56. The van der Waals surface area contributed by atoms with Gasteiger partial charge < -0.3 is 9.67 Å². The molecule has 2 heterocycles. The molecule has 3 rings (SSSR count). The Hall–Kier alpha value is -1.80. The zero-order chi connectivity index (χ0) is 13.5. The van der Waals surface area contributed by atoms with Gasteiger partial charge in [0.2, 0.25) is 0 Å². The Morgan fingerprint density at radius 3 is 2.89 bits per heavy atom. The predicted molar refractivity (Wildman–Crippen MR) is 68.0 cm³/mol. The van der Waals surface area contributed by atoms with Crippen molar-refractivity contribution in [1.29, 1.82) is 0 Å². The zero-order valence-electron chi connectivity index (χ0n) is 10.1. The maximum atomic E-state index is 12.2. The molecule has 0 spiro atoms. The van der Waals surface area contributed by atoms with Gasteiger partial charge >= 0.3 is 0 Å². The molecule has 1 aliphatic carbocycles. The summed E-state index contributed by atoms with van der Waals surface area (Å²) in [7, 11) is -3.64. The van der Waals surface area contributed by atoms with E-state index in [-0.39, 0.29) is 11.5 Å². The van der Waals surface area contributed by atoms with Gasteiger partial charge in [-0.25, -0.2) is 8.42 Å². The Bertz CT molecular complexity index is 671. The zero-order valence-corrected chi connectivity index (χ0v) is 10.9. The number of aliphatic hydroxyl groups excluding tert-OH is 1. The van der Waals surface area contributed by atoms with E-state index in [0.29, 0.717) is 17.4 Å². The quantitative estimate of drug-likeness (QED) is 0.756. The van der Waals surface area contributed by atoms with Crippen LogP contribution < -0.4 is 4.72 Å². The fourth-order valence-electron chi connectivity index (χ4n) is 1.98. The minimum Gasteiger partial charge on any atom is -0.390 e. The summed E-state index contributed by atoms with van der Waals surface area (Å²) in [5, 5.41) is 15.5. The SMILES string of the molecule is O=S(=O)(Nc1cn[nH]c1)c1cc(CO)n(C2CC2)c1. The highest BCUT2D eigenvalue weighted by molar-refractivity contribution is 7.92. The highest BCUT2D eigenvalue weighted by Gasteiger charge is 2.28. The second kappa shape index (κ2) is 4.39. The maximum Gasteiger partial charge on any atom is 0.263 e. The summed E-state index contributed by atoms with van der Waals surface area (Å²) >= 11 is 0. The topological polar surface area (TPSA) is 100 Å². The largest absolute Gasteiger partial charge is 0.390 e. The first-order valence-corrected chi connectivity index (χ1v) is 7.41. The van der Waals surface area contributed by atoms with Crippen LogP contribution in [0.1, 0.15) is 24.6 Å². The summed E-state index contributed by atoms with van der Waals surface area (Å²) in [6.07, 6.45) is 6.48. The lowest BCUT2D eigenvalue weighted by atomic mass is 10.4. The average Bonchev–Trinajstić information content (AvgIpc) is 2.91. The van der Waals surface area contributed by atoms with Crippen LogP contribution in [0, 0.1) is 0 Å². The van der Waals surface area contributed by atoms with Crippen LogP contribution in [0.15, 0.2) is 29.6 Å². The third-order valence-electron chi connectivity index (χ3n) is 3.07. The summed E-state index contributed by atoms with van der Waals surface area (Å²) in [6, 6.07) is 1.82. The molecule has 102 valence electrons. The number of aromatic nitrogens is 3. The van der Waals surface area contributed by atoms with Crippen LogP contribution >= 0.6 is 0 Å². The van der Waals surface area contributed by atoms with Gasteiger partial charge in [0, 0.05) is 24.1 Å². The molecular weight excluding hydrogens is 268 g/mol. The Kier molecular flexibility index (Phi) is 2.83. The molecule has 1 saturated carbocycles. The molecule has 0 atom stereocenters. The first-order valence-electron chi connectivity index (χ1n) is 5.93. The number of anilines is 1. The van der Waals surface area contributed by atoms with Crippen LogP contribution in [0.4, 0.5) is 5.69 Å². The predicted octanol–water partition coefficient (Wildman–Crippen LogP) is 0.839. The molecule has 0 bridgehead atoms. The number of H-pyrrole nitrogens is 1. The lowest BCUT2D eigenvalue weighted by Crippen LogP contribution is -2.11. The summed E-state index contributed by atoms with van der Waals surface area (Å²) < 4.78 is 28.6. The van der Waals surface area contributed by atoms with Crippen molar-refractivity contribution in [1.82, 2.24) is 14.8 Å². The molecule has 19 heavy (non-hydrogen) atoms. The Labute approximate surface area is 110 Å². The summed E-state index contributed by atoms with van der Waals surface area (Å²) in [5.41, 5.74) is 1.000. The van der Waals surface area contributed by atoms with Crippen molar-refractivity contribution in [2.45, 2.75) is 30.4 Å². The molecule has 1 fully saturated rings. The molecule has 3 N–H and O–H groups in total. The van der Waals surface area contributed by atoms with Crippen molar-refractivity contribution < 1.29 is 13.5 Å². The third-order valence-corrected chi connectivity index (χ3v) is 4.42. The average molecular weight is 282 g/mol. The van der Waals surface area contributed by atoms with Gasteiger partial charge in [0.25, 0.3) is 10.0 Å². The first-order chi connectivity index (χ1) is 9.10. The lowest BCUT2D eigenvalue weighted by molar-refractivity contribution is 0.270. The number of aromatic amines is 1. The number of sulfonamides is 1. The molecule has 1 aliphatic rings. The van der Waals surface area contributed by atoms with Crippen LogP contribution in [-0.4, -0.2) is 28.3 Å². The molecule has 2 aromatic rings. The van der Waals surface area contributed by atoms with E-state index in [2.05, 4.69) is 14.9 Å². The normalized spacial score (nSPS) is 15.6. The molecule has 0 aromatic carbocycles. The molecule has 0 unspecified atom stereocenters. The molecule has 0 amide bonds. The van der Waals surface area contributed by atoms with Gasteiger partial charge in [-0.05, 0) is 18.9 Å². The van der Waals surface area contributed by atoms with Gasteiger partial charge in [0.1, 0.15) is 4.90 Å². The van der Waals surface area contributed by atoms with Gasteiger partial charge in [-0.1, -0.05) is 0 Å². The molecule has 0 aliphatic heterocycles. The molecule has 2 aromatic heterocycles. The Morgan fingerprint density at radius 2 is 2.32 bits per heavy atom. The Balaban J connectivity index is 1.92. The number of hydrogen-bond acceptors (Lipinski definition) is 4. The molecular formula is C11H14N4O3S. The molecule has 0 radical (unpaired) electrons. The van der Waals surface area contributed by atoms with Gasteiger partial charge in [0.15, 0.2) is 0 Å². The molecule has 0 saturated heterocycles. The van der Waals surface area contributed by atoms with Crippen LogP contribution in [0.25, 0.3) is 0 Å². The lowest BCUT2D eigenvalue weighted by Gasteiger charge is -2.03. The first kappa shape index (κ1) is 12.2. The number of rotatable bonds is 5. The highest BCUT2D eigenvalue weighted by Crippen LogP contribution is 2.37. The number of hydrogen-bond donors (Lipinski definition) is 3. The minimum atomic E-state index is -3.64. The van der Waals surface area contributed by atoms with E-state index in [1.165, 1.54) is 18.5 Å². The van der Waals surface area contributed by atoms with E-state index in [1.54, 1.807) is 6.20 Å². The Morgan fingerprint density at radius 1 is 1.53 bits per heavy atom. The number of aliphatic hydroxyl groups is 1. The smallest absolute Gasteiger partial charge is 0.263 e. The summed E-state index contributed by atoms with van der Waals surface area (Å²) in [6.45, 7) is -0.169. The van der Waals surface area contributed by atoms with Crippen molar-refractivity contribution in [3.8, 4) is 0 Å². The van der Waals surface area contributed by atoms with Gasteiger partial charge in [-0.15, -0.1) is 0 Å². The fourth-order valence-corrected chi connectivity index (χ4v) is 3.07. The maximum absolute atomic E-state index is 12.2. The minimum absolute atomic E-state index is 0.157. The van der Waals surface area contributed by atoms with Crippen LogP contribution in [0.2, 0.25) is 0 Å². The van der Waals surface area contributed by atoms with E-state index in [0.717, 1.165) is 12.8 Å². The van der Waals surface area contributed by atoms with E-state index in [4.69, 9.17) is 0 Å². The van der Waals surface area contributed by atoms with Crippen molar-refractivity contribution >= 4 is 15.7 Å². The summed E-state index contributed by atoms with van der Waals surface area (Å²) in [4.78, 5) is 0.157. The van der Waals surface area contributed by atoms with Crippen LogP contribution in [0.5, 0.6) is 0 Å². The van der Waals surface area contributed by atoms with Gasteiger partial charge in [0.05, 0.1) is 18.5 Å². The number of nitrogens with one attached hydrogen (secondary N) is 2. The summed E-state index contributed by atoms with van der Waals surface area (Å²) in [5.74, 6) is 0. The fraction of sp³-hybridized carbons (Fsp3) is 0.364. The van der Waals surface area contributed by atoms with Gasteiger partial charge in [-0.3, -0.25) is 9.82 Å².